The first-order valence-electron chi connectivity index (χ1n) is 4.64. The van der Waals surface area contributed by atoms with E-state index in [1.165, 1.54) is 0 Å². The van der Waals surface area contributed by atoms with Crippen LogP contribution < -0.4 is 5.73 Å². The van der Waals surface area contributed by atoms with Crippen LogP contribution in [-0.2, 0) is 0 Å². The Bertz CT molecular complexity index is 212. The average Bonchev–Trinajstić information content (AvgIpc) is 2.30. The molecule has 0 spiro atoms. The second-order valence-corrected chi connectivity index (χ2v) is 3.88. The lowest BCUT2D eigenvalue weighted by atomic mass is 10.1. The third-order valence-corrected chi connectivity index (χ3v) is 2.37. The Morgan fingerprint density at radius 1 is 1.54 bits per heavy atom. The zero-order valence-electron chi connectivity index (χ0n) is 8.06. The topological polar surface area (TPSA) is 38.4 Å². The van der Waals surface area contributed by atoms with Gasteiger partial charge in [0.2, 0.25) is 0 Å². The minimum Gasteiger partial charge on any atom is -0.387 e. The Balaban J connectivity index is 2.68. The summed E-state index contributed by atoms with van der Waals surface area (Å²) in [5.41, 5.74) is 5.53. The summed E-state index contributed by atoms with van der Waals surface area (Å²) in [6.45, 7) is 3.71. The summed E-state index contributed by atoms with van der Waals surface area (Å²) in [6, 6.07) is -0.880. The van der Waals surface area contributed by atoms with Crippen molar-refractivity contribution >= 4 is 5.84 Å². The SMILES string of the molecule is CC(C)C(N)=NC1CCCC1(F)F. The Kier molecular flexibility index (Phi) is 2.88. The molecule has 0 bridgehead atoms. The van der Waals surface area contributed by atoms with Gasteiger partial charge >= 0.3 is 0 Å². The molecule has 0 heterocycles. The van der Waals surface area contributed by atoms with Crippen molar-refractivity contribution in [1.82, 2.24) is 0 Å². The average molecular weight is 190 g/mol. The summed E-state index contributed by atoms with van der Waals surface area (Å²) in [6.07, 6.45) is 0.958. The number of aliphatic imine (C=N–C) groups is 1. The van der Waals surface area contributed by atoms with Gasteiger partial charge in [0.15, 0.2) is 0 Å². The number of nitrogens with two attached hydrogens (primary N) is 1. The summed E-state index contributed by atoms with van der Waals surface area (Å²) in [7, 11) is 0. The van der Waals surface area contributed by atoms with Crippen molar-refractivity contribution < 1.29 is 8.78 Å². The first kappa shape index (κ1) is 10.4. The van der Waals surface area contributed by atoms with Crippen LogP contribution in [0.5, 0.6) is 0 Å². The van der Waals surface area contributed by atoms with Crippen LogP contribution in [0.15, 0.2) is 4.99 Å². The van der Waals surface area contributed by atoms with Gasteiger partial charge in [-0.3, -0.25) is 4.99 Å². The van der Waals surface area contributed by atoms with E-state index in [-0.39, 0.29) is 12.3 Å². The molecule has 1 fully saturated rings. The Morgan fingerprint density at radius 3 is 2.54 bits per heavy atom. The van der Waals surface area contributed by atoms with Crippen LogP contribution in [0.25, 0.3) is 0 Å². The highest BCUT2D eigenvalue weighted by atomic mass is 19.3. The molecule has 1 aliphatic carbocycles. The summed E-state index contributed by atoms with van der Waals surface area (Å²) >= 11 is 0. The summed E-state index contributed by atoms with van der Waals surface area (Å²) in [5, 5.41) is 0. The van der Waals surface area contributed by atoms with E-state index < -0.39 is 12.0 Å². The highest BCUT2D eigenvalue weighted by molar-refractivity contribution is 5.82. The molecular weight excluding hydrogens is 174 g/mol. The van der Waals surface area contributed by atoms with Gasteiger partial charge in [-0.25, -0.2) is 8.78 Å². The van der Waals surface area contributed by atoms with Crippen LogP contribution >= 0.6 is 0 Å². The molecule has 2 N–H and O–H groups in total. The maximum absolute atomic E-state index is 13.1. The van der Waals surface area contributed by atoms with E-state index in [2.05, 4.69) is 4.99 Å². The highest BCUT2D eigenvalue weighted by Crippen LogP contribution is 2.37. The second kappa shape index (κ2) is 3.60. The second-order valence-electron chi connectivity index (χ2n) is 3.88. The smallest absolute Gasteiger partial charge is 0.270 e. The van der Waals surface area contributed by atoms with Crippen molar-refractivity contribution in [3.05, 3.63) is 0 Å². The fourth-order valence-electron chi connectivity index (χ4n) is 1.40. The lowest BCUT2D eigenvalue weighted by molar-refractivity contribution is -0.00581. The first-order chi connectivity index (χ1) is 5.93. The molecule has 1 unspecified atom stereocenters. The minimum atomic E-state index is -2.64. The van der Waals surface area contributed by atoms with E-state index in [9.17, 15) is 8.78 Å². The fourth-order valence-corrected chi connectivity index (χ4v) is 1.40. The van der Waals surface area contributed by atoms with E-state index in [1.54, 1.807) is 0 Å². The molecule has 0 radical (unpaired) electrons. The van der Waals surface area contributed by atoms with E-state index in [1.807, 2.05) is 13.8 Å². The molecule has 0 amide bonds. The molecule has 1 aliphatic rings. The molecule has 0 aromatic rings. The number of nitrogens with zero attached hydrogens (tertiary/aromatic N) is 1. The molecule has 2 nitrogen and oxygen atoms in total. The van der Waals surface area contributed by atoms with Crippen LogP contribution in [0.4, 0.5) is 8.78 Å². The Hall–Kier alpha value is -0.670. The normalized spacial score (nSPS) is 28.4. The van der Waals surface area contributed by atoms with Crippen LogP contribution in [0, 0.1) is 5.92 Å². The highest BCUT2D eigenvalue weighted by Gasteiger charge is 2.43. The van der Waals surface area contributed by atoms with Crippen molar-refractivity contribution in [3.63, 3.8) is 0 Å². The van der Waals surface area contributed by atoms with E-state index in [0.717, 1.165) is 0 Å². The molecule has 1 saturated carbocycles. The first-order valence-corrected chi connectivity index (χ1v) is 4.64. The van der Waals surface area contributed by atoms with Crippen molar-refractivity contribution in [1.29, 1.82) is 0 Å². The van der Waals surface area contributed by atoms with Crippen LogP contribution in [0.3, 0.4) is 0 Å². The number of amidine groups is 1. The van der Waals surface area contributed by atoms with Crippen molar-refractivity contribution in [2.45, 2.75) is 45.1 Å². The van der Waals surface area contributed by atoms with Crippen LogP contribution in [-0.4, -0.2) is 17.8 Å². The van der Waals surface area contributed by atoms with Gasteiger partial charge in [-0.05, 0) is 12.8 Å². The summed E-state index contributed by atoms with van der Waals surface area (Å²) < 4.78 is 26.1. The maximum Gasteiger partial charge on any atom is 0.270 e. The predicted octanol–water partition coefficient (Wildman–Crippen LogP) is 2.19. The van der Waals surface area contributed by atoms with Crippen molar-refractivity contribution in [2.24, 2.45) is 16.6 Å². The molecule has 0 saturated heterocycles. The van der Waals surface area contributed by atoms with Gasteiger partial charge in [-0.15, -0.1) is 0 Å². The molecule has 1 rings (SSSR count). The molecular formula is C9H16F2N2. The van der Waals surface area contributed by atoms with E-state index >= 15 is 0 Å². The number of rotatable bonds is 2. The van der Waals surface area contributed by atoms with E-state index in [0.29, 0.717) is 18.7 Å². The number of hydrogen-bond donors (Lipinski definition) is 1. The minimum absolute atomic E-state index is 0.0491. The van der Waals surface area contributed by atoms with Gasteiger partial charge in [0, 0.05) is 12.3 Å². The number of hydrogen-bond acceptors (Lipinski definition) is 1. The van der Waals surface area contributed by atoms with Gasteiger partial charge in [0.05, 0.1) is 5.84 Å². The summed E-state index contributed by atoms with van der Waals surface area (Å²) in [4.78, 5) is 3.87. The lowest BCUT2D eigenvalue weighted by Crippen LogP contribution is -2.30. The van der Waals surface area contributed by atoms with E-state index in [4.69, 9.17) is 5.73 Å². The number of alkyl halides is 2. The zero-order valence-corrected chi connectivity index (χ0v) is 8.06. The molecule has 13 heavy (non-hydrogen) atoms. The third-order valence-electron chi connectivity index (χ3n) is 2.37. The van der Waals surface area contributed by atoms with Gasteiger partial charge in [0.25, 0.3) is 5.92 Å². The molecule has 76 valence electrons. The van der Waals surface area contributed by atoms with Gasteiger partial charge in [0.1, 0.15) is 6.04 Å². The monoisotopic (exact) mass is 190 g/mol. The zero-order chi connectivity index (χ0) is 10.1. The Labute approximate surface area is 77.2 Å². The molecule has 0 aromatic carbocycles. The van der Waals surface area contributed by atoms with Crippen molar-refractivity contribution in [3.8, 4) is 0 Å². The van der Waals surface area contributed by atoms with Gasteiger partial charge in [-0.1, -0.05) is 13.8 Å². The van der Waals surface area contributed by atoms with Gasteiger partial charge < -0.3 is 5.73 Å². The summed E-state index contributed by atoms with van der Waals surface area (Å²) in [5.74, 6) is -2.25. The molecule has 0 aliphatic heterocycles. The van der Waals surface area contributed by atoms with Crippen LogP contribution in [0.1, 0.15) is 33.1 Å². The third kappa shape index (κ3) is 2.39. The van der Waals surface area contributed by atoms with Crippen LogP contribution in [0.2, 0.25) is 0 Å². The maximum atomic E-state index is 13.1. The number of halogens is 2. The fraction of sp³-hybridized carbons (Fsp3) is 0.889. The lowest BCUT2D eigenvalue weighted by Gasteiger charge is -2.16. The molecule has 4 heteroatoms. The molecule has 0 aromatic heterocycles. The standard InChI is InChI=1S/C9H16F2N2/c1-6(2)8(12)13-7-4-3-5-9(7,10)11/h6-7H,3-5H2,1-2H3,(H2,12,13). The van der Waals surface area contributed by atoms with Gasteiger partial charge in [-0.2, -0.15) is 0 Å². The Morgan fingerprint density at radius 2 is 2.15 bits per heavy atom. The van der Waals surface area contributed by atoms with Crippen molar-refractivity contribution in [2.75, 3.05) is 0 Å². The molecule has 1 atom stereocenters. The largest absolute Gasteiger partial charge is 0.387 e. The quantitative estimate of drug-likeness (QED) is 0.526. The predicted molar refractivity (Wildman–Crippen MR) is 49.0 cm³/mol.